The SMILES string of the molecule is Cc1cc(-c2nc(C)c(CC(=O)O)c(=O)[nH]2)cc(C)c1Br. The van der Waals surface area contributed by atoms with Gasteiger partial charge in [-0.05, 0) is 44.0 Å². The van der Waals surface area contributed by atoms with Crippen LogP contribution in [0, 0.1) is 20.8 Å². The molecule has 2 rings (SSSR count). The molecule has 0 aliphatic rings. The monoisotopic (exact) mass is 350 g/mol. The molecule has 5 nitrogen and oxygen atoms in total. The quantitative estimate of drug-likeness (QED) is 0.891. The van der Waals surface area contributed by atoms with Gasteiger partial charge in [0.15, 0.2) is 0 Å². The summed E-state index contributed by atoms with van der Waals surface area (Å²) in [6, 6.07) is 3.84. The van der Waals surface area contributed by atoms with Crippen LogP contribution in [0.5, 0.6) is 0 Å². The minimum absolute atomic E-state index is 0.191. The summed E-state index contributed by atoms with van der Waals surface area (Å²) >= 11 is 3.50. The molecule has 0 radical (unpaired) electrons. The van der Waals surface area contributed by atoms with Crippen molar-refractivity contribution >= 4 is 21.9 Å². The minimum Gasteiger partial charge on any atom is -0.481 e. The molecule has 2 aromatic rings. The lowest BCUT2D eigenvalue weighted by molar-refractivity contribution is -0.136. The zero-order chi connectivity index (χ0) is 15.7. The molecule has 0 atom stereocenters. The molecule has 0 unspecified atom stereocenters. The van der Waals surface area contributed by atoms with Crippen LogP contribution < -0.4 is 5.56 Å². The summed E-state index contributed by atoms with van der Waals surface area (Å²) in [6.07, 6.45) is -0.327. The highest BCUT2D eigenvalue weighted by atomic mass is 79.9. The van der Waals surface area contributed by atoms with Gasteiger partial charge in [-0.3, -0.25) is 9.59 Å². The molecule has 1 aromatic carbocycles. The molecule has 6 heteroatoms. The third-order valence-electron chi connectivity index (χ3n) is 3.26. The fraction of sp³-hybridized carbons (Fsp3) is 0.267. The first-order chi connectivity index (χ1) is 9.79. The maximum atomic E-state index is 12.0. The van der Waals surface area contributed by atoms with E-state index >= 15 is 0 Å². The number of carboxylic acid groups (broad SMARTS) is 1. The van der Waals surface area contributed by atoms with Crippen molar-refractivity contribution in [2.45, 2.75) is 27.2 Å². The number of halogens is 1. The first-order valence-corrected chi connectivity index (χ1v) is 7.17. The molecule has 0 aliphatic heterocycles. The number of nitrogens with zero attached hydrogens (tertiary/aromatic N) is 1. The summed E-state index contributed by atoms with van der Waals surface area (Å²) in [5, 5.41) is 8.82. The summed E-state index contributed by atoms with van der Waals surface area (Å²) in [4.78, 5) is 29.8. The van der Waals surface area contributed by atoms with Crippen LogP contribution in [0.25, 0.3) is 11.4 Å². The predicted octanol–water partition coefficient (Wildman–Crippen LogP) is 2.75. The van der Waals surface area contributed by atoms with E-state index in [1.165, 1.54) is 0 Å². The van der Waals surface area contributed by atoms with Crippen molar-refractivity contribution < 1.29 is 9.90 Å². The minimum atomic E-state index is -1.05. The number of aliphatic carboxylic acids is 1. The Morgan fingerprint density at radius 2 is 1.86 bits per heavy atom. The Morgan fingerprint density at radius 3 is 2.33 bits per heavy atom. The van der Waals surface area contributed by atoms with Gasteiger partial charge >= 0.3 is 5.97 Å². The Bertz CT molecular complexity index is 758. The smallest absolute Gasteiger partial charge is 0.308 e. The second-order valence-corrected chi connectivity index (χ2v) is 5.77. The number of rotatable bonds is 3. The van der Waals surface area contributed by atoms with Crippen LogP contribution in [0.1, 0.15) is 22.4 Å². The molecule has 0 bridgehead atoms. The van der Waals surface area contributed by atoms with Crippen molar-refractivity contribution in [2.24, 2.45) is 0 Å². The second-order valence-electron chi connectivity index (χ2n) is 4.97. The van der Waals surface area contributed by atoms with Crippen LogP contribution in [0.2, 0.25) is 0 Å². The average molecular weight is 351 g/mol. The molecule has 0 aliphatic carbocycles. The zero-order valence-corrected chi connectivity index (χ0v) is 13.5. The lowest BCUT2D eigenvalue weighted by Crippen LogP contribution is -2.20. The summed E-state index contributed by atoms with van der Waals surface area (Å²) in [7, 11) is 0. The fourth-order valence-corrected chi connectivity index (χ4v) is 2.42. The van der Waals surface area contributed by atoms with E-state index in [0.29, 0.717) is 11.5 Å². The van der Waals surface area contributed by atoms with E-state index in [2.05, 4.69) is 25.9 Å². The van der Waals surface area contributed by atoms with E-state index < -0.39 is 11.5 Å². The number of nitrogens with one attached hydrogen (secondary N) is 1. The Hall–Kier alpha value is -1.95. The van der Waals surface area contributed by atoms with Crippen LogP contribution in [0.15, 0.2) is 21.4 Å². The molecule has 0 saturated heterocycles. The highest BCUT2D eigenvalue weighted by Crippen LogP contribution is 2.26. The van der Waals surface area contributed by atoms with E-state index in [1.54, 1.807) is 6.92 Å². The topological polar surface area (TPSA) is 83.0 Å². The fourth-order valence-electron chi connectivity index (χ4n) is 2.19. The van der Waals surface area contributed by atoms with Crippen LogP contribution in [0.3, 0.4) is 0 Å². The summed E-state index contributed by atoms with van der Waals surface area (Å²) in [6.45, 7) is 5.57. The van der Waals surface area contributed by atoms with Crippen LogP contribution >= 0.6 is 15.9 Å². The Balaban J connectivity index is 2.57. The molecular weight excluding hydrogens is 336 g/mol. The van der Waals surface area contributed by atoms with Crippen molar-refractivity contribution in [1.29, 1.82) is 0 Å². The van der Waals surface area contributed by atoms with Gasteiger partial charge in [-0.2, -0.15) is 0 Å². The lowest BCUT2D eigenvalue weighted by Gasteiger charge is -2.09. The van der Waals surface area contributed by atoms with Crippen molar-refractivity contribution in [3.63, 3.8) is 0 Å². The van der Waals surface area contributed by atoms with Crippen molar-refractivity contribution in [3.05, 3.63) is 49.3 Å². The summed E-state index contributed by atoms with van der Waals surface area (Å²) in [5.74, 6) is -0.598. The maximum Gasteiger partial charge on any atom is 0.308 e. The van der Waals surface area contributed by atoms with E-state index in [1.807, 2.05) is 26.0 Å². The van der Waals surface area contributed by atoms with Crippen molar-refractivity contribution in [1.82, 2.24) is 9.97 Å². The van der Waals surface area contributed by atoms with E-state index in [4.69, 9.17) is 5.11 Å². The number of H-pyrrole nitrogens is 1. The average Bonchev–Trinajstić information content (AvgIpc) is 2.39. The zero-order valence-electron chi connectivity index (χ0n) is 12.0. The van der Waals surface area contributed by atoms with Gasteiger partial charge in [0.05, 0.1) is 6.42 Å². The van der Waals surface area contributed by atoms with Crippen LogP contribution in [-0.4, -0.2) is 21.0 Å². The van der Waals surface area contributed by atoms with Gasteiger partial charge < -0.3 is 10.1 Å². The third-order valence-corrected chi connectivity index (χ3v) is 4.51. The number of aromatic nitrogens is 2. The van der Waals surface area contributed by atoms with Gasteiger partial charge in [0.1, 0.15) is 5.82 Å². The number of aryl methyl sites for hydroxylation is 3. The number of benzene rings is 1. The molecule has 0 amide bonds. The molecule has 0 spiro atoms. The first-order valence-electron chi connectivity index (χ1n) is 6.38. The number of hydrogen-bond donors (Lipinski definition) is 2. The second kappa shape index (κ2) is 5.81. The molecule has 0 saturated carbocycles. The van der Waals surface area contributed by atoms with Gasteiger partial charge in [0, 0.05) is 21.3 Å². The number of hydrogen-bond acceptors (Lipinski definition) is 3. The Labute approximate surface area is 130 Å². The van der Waals surface area contributed by atoms with Gasteiger partial charge in [-0.15, -0.1) is 0 Å². The third kappa shape index (κ3) is 3.21. The van der Waals surface area contributed by atoms with Crippen LogP contribution in [0.4, 0.5) is 0 Å². The standard InChI is InChI=1S/C15H15BrN2O3/c1-7-4-10(5-8(2)13(7)16)14-17-9(3)11(6-12(19)20)15(21)18-14/h4-5H,6H2,1-3H3,(H,19,20)(H,17,18,21). The summed E-state index contributed by atoms with van der Waals surface area (Å²) in [5.41, 5.74) is 3.11. The number of carboxylic acids is 1. The number of aromatic amines is 1. The Morgan fingerprint density at radius 1 is 1.29 bits per heavy atom. The van der Waals surface area contributed by atoms with Crippen LogP contribution in [-0.2, 0) is 11.2 Å². The molecule has 21 heavy (non-hydrogen) atoms. The Kier molecular flexibility index (Phi) is 4.27. The molecule has 110 valence electrons. The van der Waals surface area contributed by atoms with E-state index in [0.717, 1.165) is 21.2 Å². The number of carbonyl (C=O) groups is 1. The maximum absolute atomic E-state index is 12.0. The van der Waals surface area contributed by atoms with Gasteiger partial charge in [-0.25, -0.2) is 4.98 Å². The molecule has 1 aromatic heterocycles. The highest BCUT2D eigenvalue weighted by Gasteiger charge is 2.13. The van der Waals surface area contributed by atoms with Gasteiger partial charge in [0.2, 0.25) is 0 Å². The highest BCUT2D eigenvalue weighted by molar-refractivity contribution is 9.10. The molecule has 0 fully saturated rings. The normalized spacial score (nSPS) is 10.7. The van der Waals surface area contributed by atoms with Crippen molar-refractivity contribution in [2.75, 3.05) is 0 Å². The van der Waals surface area contributed by atoms with Crippen molar-refractivity contribution in [3.8, 4) is 11.4 Å². The molecular formula is C15H15BrN2O3. The molecule has 1 heterocycles. The van der Waals surface area contributed by atoms with E-state index in [-0.39, 0.29) is 12.0 Å². The van der Waals surface area contributed by atoms with Gasteiger partial charge in [0.25, 0.3) is 5.56 Å². The van der Waals surface area contributed by atoms with Gasteiger partial charge in [-0.1, -0.05) is 15.9 Å². The lowest BCUT2D eigenvalue weighted by atomic mass is 10.1. The predicted molar refractivity (Wildman–Crippen MR) is 83.5 cm³/mol. The largest absolute Gasteiger partial charge is 0.481 e. The molecule has 2 N–H and O–H groups in total. The van der Waals surface area contributed by atoms with E-state index in [9.17, 15) is 9.59 Å². The summed E-state index contributed by atoms with van der Waals surface area (Å²) < 4.78 is 1.02. The first kappa shape index (κ1) is 15.4.